The summed E-state index contributed by atoms with van der Waals surface area (Å²) in [4.78, 5) is 0. The molecule has 68 valence electrons. The summed E-state index contributed by atoms with van der Waals surface area (Å²) >= 11 is 0. The van der Waals surface area contributed by atoms with Crippen molar-refractivity contribution < 1.29 is 9.13 Å². The number of hydrogen-bond acceptors (Lipinski definition) is 2. The fourth-order valence-corrected chi connectivity index (χ4v) is 1.12. The first-order valence-electron chi connectivity index (χ1n) is 3.96. The van der Waals surface area contributed by atoms with Crippen molar-refractivity contribution in [1.82, 2.24) is 0 Å². The van der Waals surface area contributed by atoms with Crippen molar-refractivity contribution in [3.63, 3.8) is 0 Å². The maximum absolute atomic E-state index is 13.1. The Labute approximate surface area is 67.9 Å². The molecule has 2 atom stereocenters. The maximum Gasteiger partial charge on any atom is 0.128 e. The number of nitrogens with two attached hydrogens (primary N) is 1. The number of halogens is 1. The highest BCUT2D eigenvalue weighted by Crippen LogP contribution is 2.16. The molecular weight excluding hydrogens is 145 g/mol. The Hall–Kier alpha value is -0.150. The van der Waals surface area contributed by atoms with Crippen molar-refractivity contribution in [2.24, 2.45) is 17.6 Å². The lowest BCUT2D eigenvalue weighted by molar-refractivity contribution is 0.0740. The summed E-state index contributed by atoms with van der Waals surface area (Å²) in [6.07, 6.45) is -0.926. The lowest BCUT2D eigenvalue weighted by Gasteiger charge is -2.22. The monoisotopic (exact) mass is 163 g/mol. The van der Waals surface area contributed by atoms with Crippen LogP contribution in [0.25, 0.3) is 0 Å². The van der Waals surface area contributed by atoms with Gasteiger partial charge in [0.1, 0.15) is 6.17 Å². The van der Waals surface area contributed by atoms with Crippen LogP contribution in [0.15, 0.2) is 0 Å². The van der Waals surface area contributed by atoms with E-state index in [2.05, 4.69) is 0 Å². The van der Waals surface area contributed by atoms with E-state index in [1.54, 1.807) is 0 Å². The zero-order valence-corrected chi connectivity index (χ0v) is 7.51. The van der Waals surface area contributed by atoms with Gasteiger partial charge in [-0.25, -0.2) is 4.39 Å². The Morgan fingerprint density at radius 1 is 1.45 bits per heavy atom. The summed E-state index contributed by atoms with van der Waals surface area (Å²) in [5.74, 6) is 0.208. The lowest BCUT2D eigenvalue weighted by atomic mass is 9.92. The van der Waals surface area contributed by atoms with Gasteiger partial charge in [0.05, 0.1) is 6.61 Å². The summed E-state index contributed by atoms with van der Waals surface area (Å²) in [5, 5.41) is 0. The van der Waals surface area contributed by atoms with E-state index in [9.17, 15) is 4.39 Å². The second-order valence-corrected chi connectivity index (χ2v) is 3.11. The Morgan fingerprint density at radius 3 is 2.27 bits per heavy atom. The van der Waals surface area contributed by atoms with Crippen molar-refractivity contribution in [3.8, 4) is 0 Å². The highest BCUT2D eigenvalue weighted by atomic mass is 19.1. The Balaban J connectivity index is 3.81. The van der Waals surface area contributed by atoms with E-state index in [1.165, 1.54) is 7.11 Å². The molecule has 0 aliphatic carbocycles. The minimum absolute atomic E-state index is 0.0741. The van der Waals surface area contributed by atoms with E-state index in [4.69, 9.17) is 10.5 Å². The second kappa shape index (κ2) is 5.49. The van der Waals surface area contributed by atoms with Crippen molar-refractivity contribution >= 4 is 0 Å². The molecule has 3 heteroatoms. The van der Waals surface area contributed by atoms with Gasteiger partial charge in [0.25, 0.3) is 0 Å². The zero-order valence-electron chi connectivity index (χ0n) is 7.51. The van der Waals surface area contributed by atoms with Crippen LogP contribution in [0.2, 0.25) is 0 Å². The third kappa shape index (κ3) is 3.68. The van der Waals surface area contributed by atoms with Crippen LogP contribution >= 0.6 is 0 Å². The Morgan fingerprint density at radius 2 is 2.00 bits per heavy atom. The van der Waals surface area contributed by atoms with E-state index in [1.807, 2.05) is 13.8 Å². The highest BCUT2D eigenvalue weighted by molar-refractivity contribution is 4.72. The van der Waals surface area contributed by atoms with Crippen LogP contribution in [-0.4, -0.2) is 26.4 Å². The van der Waals surface area contributed by atoms with Gasteiger partial charge in [-0.15, -0.1) is 0 Å². The van der Waals surface area contributed by atoms with Crippen molar-refractivity contribution in [1.29, 1.82) is 0 Å². The molecule has 0 spiro atoms. The Kier molecular flexibility index (Phi) is 5.42. The third-order valence-electron chi connectivity index (χ3n) is 1.92. The summed E-state index contributed by atoms with van der Waals surface area (Å²) < 4.78 is 17.8. The van der Waals surface area contributed by atoms with E-state index >= 15 is 0 Å². The number of alkyl halides is 1. The molecule has 0 fully saturated rings. The van der Waals surface area contributed by atoms with E-state index in [0.717, 1.165) is 0 Å². The van der Waals surface area contributed by atoms with Crippen molar-refractivity contribution in [3.05, 3.63) is 0 Å². The van der Waals surface area contributed by atoms with Crippen LogP contribution in [0.5, 0.6) is 0 Å². The van der Waals surface area contributed by atoms with Gasteiger partial charge in [-0.05, 0) is 12.5 Å². The zero-order chi connectivity index (χ0) is 8.85. The molecule has 0 saturated heterocycles. The first-order valence-corrected chi connectivity index (χ1v) is 3.96. The third-order valence-corrected chi connectivity index (χ3v) is 1.92. The molecule has 2 nitrogen and oxygen atoms in total. The number of hydrogen-bond donors (Lipinski definition) is 1. The minimum Gasteiger partial charge on any atom is -0.382 e. The Bertz CT molecular complexity index is 98.1. The smallest absolute Gasteiger partial charge is 0.128 e. The first-order chi connectivity index (χ1) is 5.13. The molecule has 0 heterocycles. The van der Waals surface area contributed by atoms with E-state index < -0.39 is 6.17 Å². The highest BCUT2D eigenvalue weighted by Gasteiger charge is 2.22. The molecular formula is C8H18FNO. The average Bonchev–Trinajstić information content (AvgIpc) is 1.88. The number of methoxy groups -OCH3 is 1. The quantitative estimate of drug-likeness (QED) is 0.661. The van der Waals surface area contributed by atoms with Crippen LogP contribution in [0.3, 0.4) is 0 Å². The van der Waals surface area contributed by atoms with Gasteiger partial charge in [0.15, 0.2) is 0 Å². The fraction of sp³-hybridized carbons (Fsp3) is 1.00. The number of ether oxygens (including phenoxy) is 1. The molecule has 0 saturated carbocycles. The molecule has 0 aromatic carbocycles. The summed E-state index contributed by atoms with van der Waals surface area (Å²) in [6.45, 7) is 4.49. The maximum atomic E-state index is 13.1. The largest absolute Gasteiger partial charge is 0.382 e. The predicted molar refractivity (Wildman–Crippen MR) is 44.2 cm³/mol. The average molecular weight is 163 g/mol. The minimum atomic E-state index is -0.926. The van der Waals surface area contributed by atoms with Crippen LogP contribution < -0.4 is 5.73 Å². The molecule has 0 aliphatic rings. The van der Waals surface area contributed by atoms with Gasteiger partial charge in [0.2, 0.25) is 0 Å². The molecule has 0 aromatic rings. The summed E-state index contributed by atoms with van der Waals surface area (Å²) in [6, 6.07) is 0. The summed E-state index contributed by atoms with van der Waals surface area (Å²) in [7, 11) is 1.50. The molecule has 0 aromatic heterocycles. The standard InChI is InChI=1S/C8H18FNO/c1-6(2)7(4-10)8(9)5-11-3/h6-8H,4-5,10H2,1-3H3. The molecule has 0 bridgehead atoms. The number of rotatable bonds is 5. The molecule has 0 radical (unpaired) electrons. The predicted octanol–water partition coefficient (Wildman–Crippen LogP) is 1.20. The van der Waals surface area contributed by atoms with Crippen molar-refractivity contribution in [2.45, 2.75) is 20.0 Å². The van der Waals surface area contributed by atoms with Gasteiger partial charge in [-0.1, -0.05) is 13.8 Å². The topological polar surface area (TPSA) is 35.2 Å². The fourth-order valence-electron chi connectivity index (χ4n) is 1.12. The second-order valence-electron chi connectivity index (χ2n) is 3.11. The van der Waals surface area contributed by atoms with Gasteiger partial charge < -0.3 is 10.5 Å². The van der Waals surface area contributed by atoms with Crippen LogP contribution in [0, 0.1) is 11.8 Å². The molecule has 0 aliphatic heterocycles. The normalized spacial score (nSPS) is 16.9. The SMILES string of the molecule is COCC(F)C(CN)C(C)C. The van der Waals surface area contributed by atoms with Gasteiger partial charge >= 0.3 is 0 Å². The molecule has 2 unspecified atom stereocenters. The van der Waals surface area contributed by atoms with Gasteiger partial charge in [-0.2, -0.15) is 0 Å². The van der Waals surface area contributed by atoms with Gasteiger partial charge in [-0.3, -0.25) is 0 Å². The van der Waals surface area contributed by atoms with Crippen LogP contribution in [0.1, 0.15) is 13.8 Å². The molecule has 0 rings (SSSR count). The van der Waals surface area contributed by atoms with Crippen molar-refractivity contribution in [2.75, 3.05) is 20.3 Å². The molecule has 2 N–H and O–H groups in total. The summed E-state index contributed by atoms with van der Waals surface area (Å²) in [5.41, 5.74) is 5.41. The van der Waals surface area contributed by atoms with Crippen LogP contribution in [-0.2, 0) is 4.74 Å². The van der Waals surface area contributed by atoms with E-state index in [-0.39, 0.29) is 18.4 Å². The van der Waals surface area contributed by atoms with Crippen LogP contribution in [0.4, 0.5) is 4.39 Å². The van der Waals surface area contributed by atoms with Gasteiger partial charge in [0, 0.05) is 13.0 Å². The lowest BCUT2D eigenvalue weighted by Crippen LogP contribution is -2.32. The first kappa shape index (κ1) is 10.8. The van der Waals surface area contributed by atoms with E-state index in [0.29, 0.717) is 6.54 Å². The molecule has 11 heavy (non-hydrogen) atoms. The molecule has 0 amide bonds.